The van der Waals surface area contributed by atoms with Crippen LogP contribution in [0.5, 0.6) is 5.75 Å². The number of methoxy groups -OCH3 is 1. The zero-order chi connectivity index (χ0) is 13.4. The van der Waals surface area contributed by atoms with Gasteiger partial charge >= 0.3 is 0 Å². The Kier molecular flexibility index (Phi) is 5.90. The molecule has 0 saturated heterocycles. The van der Waals surface area contributed by atoms with Crippen molar-refractivity contribution in [1.29, 1.82) is 0 Å². The largest absolute Gasteiger partial charge is 0.468 e. The Morgan fingerprint density at radius 3 is 2.50 bits per heavy atom. The maximum Gasteiger partial charge on any atom is 0.269 e. The van der Waals surface area contributed by atoms with E-state index in [4.69, 9.17) is 14.3 Å². The van der Waals surface area contributed by atoms with Gasteiger partial charge in [-0.15, -0.1) is 0 Å². The van der Waals surface area contributed by atoms with Gasteiger partial charge in [0.05, 0.1) is 7.11 Å². The molecule has 0 aromatic heterocycles. The Morgan fingerprint density at radius 2 is 1.94 bits per heavy atom. The second kappa shape index (κ2) is 7.47. The van der Waals surface area contributed by atoms with Gasteiger partial charge in [0.15, 0.2) is 6.79 Å². The molecular weight excluding hydrogens is 234 g/mol. The van der Waals surface area contributed by atoms with Crippen molar-refractivity contribution < 1.29 is 19.1 Å². The van der Waals surface area contributed by atoms with Crippen molar-refractivity contribution in [1.82, 2.24) is 5.06 Å². The molecule has 0 atom stereocenters. The van der Waals surface area contributed by atoms with Crippen LogP contribution in [-0.2, 0) is 14.4 Å². The molecule has 0 aliphatic carbocycles. The predicted octanol–water partition coefficient (Wildman–Crippen LogP) is 1.70. The number of hydrogen-bond donors (Lipinski definition) is 0. The minimum atomic E-state index is -0.225. The SMILES string of the molecule is COCOc1ccc(C=CC(=O)N(C)OC)cc1. The lowest BCUT2D eigenvalue weighted by atomic mass is 10.2. The summed E-state index contributed by atoms with van der Waals surface area (Å²) in [6, 6.07) is 7.32. The third kappa shape index (κ3) is 4.57. The molecule has 18 heavy (non-hydrogen) atoms. The van der Waals surface area contributed by atoms with E-state index in [-0.39, 0.29) is 12.7 Å². The van der Waals surface area contributed by atoms with Gasteiger partial charge in [-0.25, -0.2) is 5.06 Å². The zero-order valence-electron chi connectivity index (χ0n) is 10.8. The topological polar surface area (TPSA) is 48.0 Å². The zero-order valence-corrected chi connectivity index (χ0v) is 10.8. The molecule has 0 bridgehead atoms. The highest BCUT2D eigenvalue weighted by molar-refractivity contribution is 5.90. The molecule has 0 heterocycles. The van der Waals surface area contributed by atoms with Crippen molar-refractivity contribution in [2.45, 2.75) is 0 Å². The molecule has 1 rings (SSSR count). The van der Waals surface area contributed by atoms with Crippen LogP contribution in [0.3, 0.4) is 0 Å². The lowest BCUT2D eigenvalue weighted by molar-refractivity contribution is -0.162. The summed E-state index contributed by atoms with van der Waals surface area (Å²) >= 11 is 0. The van der Waals surface area contributed by atoms with Crippen molar-refractivity contribution in [2.75, 3.05) is 28.1 Å². The second-order valence-electron chi connectivity index (χ2n) is 3.47. The number of benzene rings is 1. The lowest BCUT2D eigenvalue weighted by Gasteiger charge is -2.10. The number of ether oxygens (including phenoxy) is 2. The number of carbonyl (C=O) groups is 1. The summed E-state index contributed by atoms with van der Waals surface area (Å²) in [5, 5.41) is 1.15. The summed E-state index contributed by atoms with van der Waals surface area (Å²) in [5.74, 6) is 0.492. The van der Waals surface area contributed by atoms with E-state index in [1.165, 1.54) is 13.2 Å². The van der Waals surface area contributed by atoms with Gasteiger partial charge in [0, 0.05) is 20.2 Å². The van der Waals surface area contributed by atoms with E-state index in [0.717, 1.165) is 10.6 Å². The molecule has 0 unspecified atom stereocenters. The van der Waals surface area contributed by atoms with Gasteiger partial charge in [-0.05, 0) is 23.8 Å². The molecule has 5 heteroatoms. The van der Waals surface area contributed by atoms with E-state index >= 15 is 0 Å². The van der Waals surface area contributed by atoms with Crippen molar-refractivity contribution in [2.24, 2.45) is 0 Å². The van der Waals surface area contributed by atoms with E-state index in [2.05, 4.69) is 0 Å². The molecule has 0 aliphatic rings. The highest BCUT2D eigenvalue weighted by Gasteiger charge is 2.01. The third-order valence-corrected chi connectivity index (χ3v) is 2.23. The molecule has 0 radical (unpaired) electrons. The van der Waals surface area contributed by atoms with E-state index in [1.807, 2.05) is 24.3 Å². The van der Waals surface area contributed by atoms with E-state index < -0.39 is 0 Å². The highest BCUT2D eigenvalue weighted by atomic mass is 16.7. The first kappa shape index (κ1) is 14.2. The molecule has 1 aromatic carbocycles. The molecule has 0 spiro atoms. The van der Waals surface area contributed by atoms with Crippen LogP contribution in [0.4, 0.5) is 0 Å². The first-order chi connectivity index (χ1) is 8.67. The van der Waals surface area contributed by atoms with Crippen LogP contribution in [0.25, 0.3) is 6.08 Å². The Bertz CT molecular complexity index is 400. The number of amides is 1. The third-order valence-electron chi connectivity index (χ3n) is 2.23. The number of hydrogen-bond acceptors (Lipinski definition) is 4. The van der Waals surface area contributed by atoms with Gasteiger partial charge in [-0.1, -0.05) is 12.1 Å². The summed E-state index contributed by atoms with van der Waals surface area (Å²) in [6.07, 6.45) is 3.15. The van der Waals surface area contributed by atoms with E-state index in [9.17, 15) is 4.79 Å². The fourth-order valence-electron chi connectivity index (χ4n) is 1.16. The number of carbonyl (C=O) groups excluding carboxylic acids is 1. The molecule has 1 aromatic rings. The van der Waals surface area contributed by atoms with Crippen molar-refractivity contribution >= 4 is 12.0 Å². The predicted molar refractivity (Wildman–Crippen MR) is 67.8 cm³/mol. The molecule has 98 valence electrons. The van der Waals surface area contributed by atoms with Gasteiger partial charge in [0.2, 0.25) is 0 Å². The highest BCUT2D eigenvalue weighted by Crippen LogP contribution is 2.13. The van der Waals surface area contributed by atoms with Crippen LogP contribution in [-0.4, -0.2) is 39.0 Å². The lowest BCUT2D eigenvalue weighted by Crippen LogP contribution is -2.22. The molecule has 0 saturated carbocycles. The van der Waals surface area contributed by atoms with Gasteiger partial charge in [-0.3, -0.25) is 9.63 Å². The maximum atomic E-state index is 11.4. The average Bonchev–Trinajstić information content (AvgIpc) is 2.42. The number of nitrogens with zero attached hydrogens (tertiary/aromatic N) is 1. The Balaban J connectivity index is 2.58. The minimum absolute atomic E-state index is 0.215. The first-order valence-electron chi connectivity index (χ1n) is 5.39. The molecule has 0 N–H and O–H groups in total. The fraction of sp³-hybridized carbons (Fsp3) is 0.308. The molecule has 5 nitrogen and oxygen atoms in total. The minimum Gasteiger partial charge on any atom is -0.468 e. The summed E-state index contributed by atoms with van der Waals surface area (Å²) in [7, 11) is 4.55. The second-order valence-corrected chi connectivity index (χ2v) is 3.47. The summed E-state index contributed by atoms with van der Waals surface area (Å²) in [6.45, 7) is 0.215. The van der Waals surface area contributed by atoms with Crippen LogP contribution in [0, 0.1) is 0 Å². The van der Waals surface area contributed by atoms with Crippen LogP contribution in [0.15, 0.2) is 30.3 Å². The van der Waals surface area contributed by atoms with Crippen LogP contribution >= 0.6 is 0 Å². The Hall–Kier alpha value is -1.85. The summed E-state index contributed by atoms with van der Waals surface area (Å²) in [5.41, 5.74) is 0.901. The normalized spacial score (nSPS) is 10.6. The van der Waals surface area contributed by atoms with Crippen LogP contribution in [0.2, 0.25) is 0 Å². The Morgan fingerprint density at radius 1 is 1.28 bits per heavy atom. The van der Waals surface area contributed by atoms with Gasteiger partial charge in [0.25, 0.3) is 5.91 Å². The summed E-state index contributed by atoms with van der Waals surface area (Å²) < 4.78 is 10.0. The quantitative estimate of drug-likeness (QED) is 0.438. The Labute approximate surface area is 107 Å². The molecular formula is C13H17NO4. The molecule has 0 fully saturated rings. The van der Waals surface area contributed by atoms with E-state index in [1.54, 1.807) is 20.2 Å². The average molecular weight is 251 g/mol. The van der Waals surface area contributed by atoms with Crippen molar-refractivity contribution in [3.63, 3.8) is 0 Å². The van der Waals surface area contributed by atoms with Crippen LogP contribution in [0.1, 0.15) is 5.56 Å². The summed E-state index contributed by atoms with van der Waals surface area (Å²) in [4.78, 5) is 16.2. The van der Waals surface area contributed by atoms with Crippen LogP contribution < -0.4 is 4.74 Å². The molecule has 1 amide bonds. The van der Waals surface area contributed by atoms with Crippen molar-refractivity contribution in [3.8, 4) is 5.75 Å². The van der Waals surface area contributed by atoms with E-state index in [0.29, 0.717) is 5.75 Å². The number of hydroxylamine groups is 2. The smallest absolute Gasteiger partial charge is 0.269 e. The number of likely N-dealkylation sites (N-methyl/N-ethyl adjacent to an activating group) is 1. The number of rotatable bonds is 6. The monoisotopic (exact) mass is 251 g/mol. The van der Waals surface area contributed by atoms with Crippen molar-refractivity contribution in [3.05, 3.63) is 35.9 Å². The van der Waals surface area contributed by atoms with Gasteiger partial charge in [0.1, 0.15) is 5.75 Å². The fourth-order valence-corrected chi connectivity index (χ4v) is 1.16. The first-order valence-corrected chi connectivity index (χ1v) is 5.39. The standard InChI is InChI=1S/C13H17NO4/c1-14(17-3)13(15)9-6-11-4-7-12(8-5-11)18-10-16-2/h4-9H,10H2,1-3H3. The maximum absolute atomic E-state index is 11.4. The van der Waals surface area contributed by atoms with Gasteiger partial charge in [-0.2, -0.15) is 0 Å². The molecule has 0 aliphatic heterocycles. The van der Waals surface area contributed by atoms with Gasteiger partial charge < -0.3 is 9.47 Å².